The van der Waals surface area contributed by atoms with Crippen LogP contribution in [-0.2, 0) is 11.2 Å². The van der Waals surface area contributed by atoms with Gasteiger partial charge in [0.25, 0.3) is 0 Å². The molecule has 1 atom stereocenters. The van der Waals surface area contributed by atoms with E-state index in [0.717, 1.165) is 31.1 Å². The van der Waals surface area contributed by atoms with Crippen molar-refractivity contribution in [2.24, 2.45) is 0 Å². The first-order valence-electron chi connectivity index (χ1n) is 10.3. The molecule has 2 aromatic carbocycles. The molecule has 2 aromatic rings. The number of nitrogens with zero attached hydrogens (tertiary/aromatic N) is 2. The zero-order valence-corrected chi connectivity index (χ0v) is 17.5. The number of benzene rings is 2. The summed E-state index contributed by atoms with van der Waals surface area (Å²) in [6, 6.07) is 19.9. The predicted octanol–water partition coefficient (Wildman–Crippen LogP) is 4.79. The summed E-state index contributed by atoms with van der Waals surface area (Å²) in [6.07, 6.45) is 7.05. The van der Waals surface area contributed by atoms with Crippen LogP contribution in [0.25, 0.3) is 11.1 Å². The molecular weight excluding hydrogens is 368 g/mol. The zero-order chi connectivity index (χ0) is 18.6. The van der Waals surface area contributed by atoms with E-state index in [1.165, 1.54) is 36.8 Å². The van der Waals surface area contributed by atoms with Crippen molar-refractivity contribution in [3.05, 3.63) is 60.2 Å². The zero-order valence-electron chi connectivity index (χ0n) is 16.7. The molecule has 150 valence electrons. The fraction of sp³-hybridized carbons (Fsp3) is 0.458. The van der Waals surface area contributed by atoms with E-state index in [1.54, 1.807) is 0 Å². The van der Waals surface area contributed by atoms with Gasteiger partial charge in [-0.25, -0.2) is 0 Å². The van der Waals surface area contributed by atoms with Gasteiger partial charge in [-0.1, -0.05) is 67.4 Å². The van der Waals surface area contributed by atoms with Crippen molar-refractivity contribution in [2.75, 3.05) is 20.1 Å². The number of likely N-dealkylation sites (tertiary alicyclic amines) is 1. The van der Waals surface area contributed by atoms with E-state index < -0.39 is 0 Å². The van der Waals surface area contributed by atoms with Crippen molar-refractivity contribution in [1.82, 2.24) is 9.80 Å². The second-order valence-electron chi connectivity index (χ2n) is 8.12. The molecule has 1 aliphatic carbocycles. The number of hydrogen-bond donors (Lipinski definition) is 0. The van der Waals surface area contributed by atoms with Crippen molar-refractivity contribution in [3.8, 4) is 11.1 Å². The summed E-state index contributed by atoms with van der Waals surface area (Å²) in [4.78, 5) is 17.4. The maximum absolute atomic E-state index is 12.8. The molecule has 0 bridgehead atoms. The van der Waals surface area contributed by atoms with Crippen molar-refractivity contribution < 1.29 is 4.79 Å². The molecule has 1 aliphatic heterocycles. The molecule has 1 unspecified atom stereocenters. The fourth-order valence-electron chi connectivity index (χ4n) is 4.63. The topological polar surface area (TPSA) is 23.6 Å². The standard InChI is InChI=1S/C24H30N2O.ClH/c1-25(23-15-16-26(18-23)22-9-5-6-10-22)24(27)17-19-11-13-21(14-12-19)20-7-3-2-4-8-20;/h2-4,7-8,11-14,22-23H,5-6,9-10,15-18H2,1H3;1H. The summed E-state index contributed by atoms with van der Waals surface area (Å²) in [7, 11) is 1.99. The number of carbonyl (C=O) groups is 1. The van der Waals surface area contributed by atoms with E-state index in [-0.39, 0.29) is 18.3 Å². The minimum atomic E-state index is 0. The Morgan fingerprint density at radius 1 is 0.964 bits per heavy atom. The highest BCUT2D eigenvalue weighted by atomic mass is 35.5. The Morgan fingerprint density at radius 3 is 2.29 bits per heavy atom. The van der Waals surface area contributed by atoms with Crippen LogP contribution in [0.1, 0.15) is 37.7 Å². The van der Waals surface area contributed by atoms with Gasteiger partial charge in [-0.3, -0.25) is 9.69 Å². The van der Waals surface area contributed by atoms with E-state index in [1.807, 2.05) is 18.0 Å². The largest absolute Gasteiger partial charge is 0.341 e. The van der Waals surface area contributed by atoms with Crippen LogP contribution in [0, 0.1) is 0 Å². The van der Waals surface area contributed by atoms with Crippen LogP contribution >= 0.6 is 12.4 Å². The molecule has 28 heavy (non-hydrogen) atoms. The Labute approximate surface area is 175 Å². The SMILES string of the molecule is CN(C(=O)Cc1ccc(-c2ccccc2)cc1)C1CCN(C2CCCC2)C1.Cl. The molecule has 4 heteroatoms. The summed E-state index contributed by atoms with van der Waals surface area (Å²) in [5.74, 6) is 0.237. The summed E-state index contributed by atoms with van der Waals surface area (Å²) in [5, 5.41) is 0. The van der Waals surface area contributed by atoms with Gasteiger partial charge >= 0.3 is 0 Å². The minimum absolute atomic E-state index is 0. The van der Waals surface area contributed by atoms with Crippen molar-refractivity contribution in [1.29, 1.82) is 0 Å². The molecular formula is C24H31ClN2O. The van der Waals surface area contributed by atoms with Crippen LogP contribution in [-0.4, -0.2) is 47.9 Å². The molecule has 3 nitrogen and oxygen atoms in total. The highest BCUT2D eigenvalue weighted by Gasteiger charge is 2.33. The second-order valence-corrected chi connectivity index (χ2v) is 8.12. The molecule has 1 heterocycles. The predicted molar refractivity (Wildman–Crippen MR) is 118 cm³/mol. The number of rotatable bonds is 5. The van der Waals surface area contributed by atoms with Gasteiger partial charge in [0.15, 0.2) is 0 Å². The van der Waals surface area contributed by atoms with Gasteiger partial charge in [0.1, 0.15) is 0 Å². The lowest BCUT2D eigenvalue weighted by molar-refractivity contribution is -0.131. The Balaban J connectivity index is 0.00000225. The van der Waals surface area contributed by atoms with E-state index in [0.29, 0.717) is 12.5 Å². The van der Waals surface area contributed by atoms with E-state index >= 15 is 0 Å². The Kier molecular flexibility index (Phi) is 7.14. The molecule has 1 saturated heterocycles. The number of halogens is 1. The third-order valence-electron chi connectivity index (χ3n) is 6.39. The van der Waals surface area contributed by atoms with Crippen LogP contribution in [0.3, 0.4) is 0 Å². The lowest BCUT2D eigenvalue weighted by Crippen LogP contribution is -2.41. The average Bonchev–Trinajstić information content (AvgIpc) is 3.40. The van der Waals surface area contributed by atoms with Crippen molar-refractivity contribution in [3.63, 3.8) is 0 Å². The Hall–Kier alpha value is -1.84. The normalized spacial score (nSPS) is 20.1. The lowest BCUT2D eigenvalue weighted by Gasteiger charge is -2.27. The summed E-state index contributed by atoms with van der Waals surface area (Å²) in [6.45, 7) is 2.21. The molecule has 1 saturated carbocycles. The number of carbonyl (C=O) groups excluding carboxylic acids is 1. The summed E-state index contributed by atoms with van der Waals surface area (Å²) >= 11 is 0. The molecule has 0 radical (unpaired) electrons. The first-order valence-corrected chi connectivity index (χ1v) is 10.3. The minimum Gasteiger partial charge on any atom is -0.341 e. The van der Waals surface area contributed by atoms with Gasteiger partial charge < -0.3 is 4.90 Å². The van der Waals surface area contributed by atoms with Gasteiger partial charge in [0, 0.05) is 32.2 Å². The maximum Gasteiger partial charge on any atom is 0.227 e. The summed E-state index contributed by atoms with van der Waals surface area (Å²) < 4.78 is 0. The first kappa shape index (κ1) is 20.9. The highest BCUT2D eigenvalue weighted by Crippen LogP contribution is 2.28. The highest BCUT2D eigenvalue weighted by molar-refractivity contribution is 5.85. The fourth-order valence-corrected chi connectivity index (χ4v) is 4.63. The van der Waals surface area contributed by atoms with Crippen LogP contribution in [0.5, 0.6) is 0 Å². The van der Waals surface area contributed by atoms with Gasteiger partial charge in [-0.15, -0.1) is 12.4 Å². The Morgan fingerprint density at radius 2 is 1.61 bits per heavy atom. The van der Waals surface area contributed by atoms with Gasteiger partial charge in [0.05, 0.1) is 6.42 Å². The second kappa shape index (κ2) is 9.58. The molecule has 2 fully saturated rings. The third kappa shape index (κ3) is 4.76. The van der Waals surface area contributed by atoms with E-state index in [4.69, 9.17) is 0 Å². The van der Waals surface area contributed by atoms with Gasteiger partial charge in [-0.05, 0) is 36.0 Å². The molecule has 2 aliphatic rings. The van der Waals surface area contributed by atoms with Crippen molar-refractivity contribution in [2.45, 2.75) is 50.6 Å². The third-order valence-corrected chi connectivity index (χ3v) is 6.39. The molecule has 4 rings (SSSR count). The van der Waals surface area contributed by atoms with Gasteiger partial charge in [-0.2, -0.15) is 0 Å². The summed E-state index contributed by atoms with van der Waals surface area (Å²) in [5.41, 5.74) is 3.51. The number of likely N-dealkylation sites (N-methyl/N-ethyl adjacent to an activating group) is 1. The number of amides is 1. The van der Waals surface area contributed by atoms with Crippen molar-refractivity contribution >= 4 is 18.3 Å². The van der Waals surface area contributed by atoms with Crippen LogP contribution in [0.2, 0.25) is 0 Å². The quantitative estimate of drug-likeness (QED) is 0.722. The smallest absolute Gasteiger partial charge is 0.227 e. The molecule has 0 aromatic heterocycles. The Bertz CT molecular complexity index is 756. The van der Waals surface area contributed by atoms with Crippen LogP contribution in [0.4, 0.5) is 0 Å². The van der Waals surface area contributed by atoms with E-state index in [2.05, 4.69) is 53.4 Å². The maximum atomic E-state index is 12.8. The monoisotopic (exact) mass is 398 g/mol. The van der Waals surface area contributed by atoms with Crippen LogP contribution in [0.15, 0.2) is 54.6 Å². The lowest BCUT2D eigenvalue weighted by atomic mass is 10.0. The first-order chi connectivity index (χ1) is 13.2. The van der Waals surface area contributed by atoms with Crippen LogP contribution < -0.4 is 0 Å². The molecule has 0 spiro atoms. The van der Waals surface area contributed by atoms with Gasteiger partial charge in [0.2, 0.25) is 5.91 Å². The van der Waals surface area contributed by atoms with E-state index in [9.17, 15) is 4.79 Å². The molecule has 1 amide bonds. The number of hydrogen-bond acceptors (Lipinski definition) is 2. The molecule has 0 N–H and O–H groups in total. The average molecular weight is 399 g/mol.